The molecular formula is C30H44N2O6S2. The summed E-state index contributed by atoms with van der Waals surface area (Å²) in [5.74, 6) is -0.340. The summed E-state index contributed by atoms with van der Waals surface area (Å²) in [5, 5.41) is 3.85. The van der Waals surface area contributed by atoms with Gasteiger partial charge in [-0.2, -0.15) is 0 Å². The van der Waals surface area contributed by atoms with E-state index in [4.69, 9.17) is 23.7 Å². The number of thioether (sulfide) groups is 2. The molecule has 3 rings (SSSR count). The van der Waals surface area contributed by atoms with Gasteiger partial charge in [-0.15, -0.1) is 23.5 Å². The summed E-state index contributed by atoms with van der Waals surface area (Å²) in [6.07, 6.45) is 4.01. The second-order valence-electron chi connectivity index (χ2n) is 9.64. The van der Waals surface area contributed by atoms with E-state index in [2.05, 4.69) is 24.1 Å². The molecule has 10 heteroatoms. The number of hydrogen-bond donors (Lipinski definition) is 1. The number of unbranched alkanes of at least 4 members (excludes halogenated alkanes) is 2. The van der Waals surface area contributed by atoms with Crippen LogP contribution in [0.1, 0.15) is 50.8 Å². The molecule has 5 atom stereocenters. The predicted molar refractivity (Wildman–Crippen MR) is 161 cm³/mol. The molecule has 1 aliphatic rings. The van der Waals surface area contributed by atoms with Crippen LogP contribution < -0.4 is 5.32 Å². The molecule has 0 saturated carbocycles. The van der Waals surface area contributed by atoms with Gasteiger partial charge in [-0.05, 0) is 43.9 Å². The normalized spacial score (nSPS) is 22.8. The van der Waals surface area contributed by atoms with Crippen molar-refractivity contribution in [3.8, 4) is 0 Å². The van der Waals surface area contributed by atoms with Crippen molar-refractivity contribution < 1.29 is 28.5 Å². The molecule has 1 amide bonds. The Morgan fingerprint density at radius 3 is 2.25 bits per heavy atom. The smallest absolute Gasteiger partial charge is 0.256 e. The van der Waals surface area contributed by atoms with Crippen LogP contribution >= 0.6 is 23.5 Å². The van der Waals surface area contributed by atoms with E-state index in [0.29, 0.717) is 25.5 Å². The van der Waals surface area contributed by atoms with Crippen LogP contribution in [0.15, 0.2) is 46.3 Å². The predicted octanol–water partition coefficient (Wildman–Crippen LogP) is 6.10. The highest BCUT2D eigenvalue weighted by molar-refractivity contribution is 7.99. The molecule has 1 aromatic heterocycles. The van der Waals surface area contributed by atoms with Crippen LogP contribution in [-0.4, -0.2) is 74.4 Å². The monoisotopic (exact) mass is 592 g/mol. The van der Waals surface area contributed by atoms with Crippen molar-refractivity contribution in [2.24, 2.45) is 0 Å². The lowest BCUT2D eigenvalue weighted by molar-refractivity contribution is -0.307. The highest BCUT2D eigenvalue weighted by Crippen LogP contribution is 2.35. The van der Waals surface area contributed by atoms with Gasteiger partial charge in [0.2, 0.25) is 0 Å². The van der Waals surface area contributed by atoms with E-state index in [1.54, 1.807) is 18.9 Å². The Morgan fingerprint density at radius 2 is 1.65 bits per heavy atom. The van der Waals surface area contributed by atoms with Gasteiger partial charge in [0.05, 0.1) is 12.3 Å². The highest BCUT2D eigenvalue weighted by atomic mass is 32.2. The van der Waals surface area contributed by atoms with Gasteiger partial charge in [-0.25, -0.2) is 4.98 Å². The zero-order valence-corrected chi connectivity index (χ0v) is 26.1. The van der Waals surface area contributed by atoms with Crippen molar-refractivity contribution in [3.05, 3.63) is 47.7 Å². The molecule has 0 unspecified atom stereocenters. The minimum absolute atomic E-state index is 0.295. The van der Waals surface area contributed by atoms with Crippen molar-refractivity contribution in [2.75, 3.05) is 38.2 Å². The molecule has 1 saturated heterocycles. The molecule has 1 fully saturated rings. The number of aryl methyl sites for hydroxylation is 1. The van der Waals surface area contributed by atoms with Crippen LogP contribution in [-0.2, 0) is 35.1 Å². The number of carbonyl (C=O) groups excluding carboxylic acids is 1. The second-order valence-corrected chi connectivity index (χ2v) is 11.3. The van der Waals surface area contributed by atoms with E-state index in [1.807, 2.05) is 55.8 Å². The Labute approximate surface area is 247 Å². The average molecular weight is 593 g/mol. The zero-order chi connectivity index (χ0) is 28.9. The van der Waals surface area contributed by atoms with Crippen LogP contribution in [0.25, 0.3) is 0 Å². The highest BCUT2D eigenvalue weighted by Gasteiger charge is 2.51. The summed E-state index contributed by atoms with van der Waals surface area (Å²) in [4.78, 5) is 19.6. The summed E-state index contributed by atoms with van der Waals surface area (Å²) < 4.78 is 31.2. The molecular weight excluding hydrogens is 548 g/mol. The molecule has 40 heavy (non-hydrogen) atoms. The Bertz CT molecular complexity index is 1020. The maximum absolute atomic E-state index is 14.0. The second kappa shape index (κ2) is 17.3. The minimum Gasteiger partial charge on any atom is -0.372 e. The first-order valence-corrected chi connectivity index (χ1v) is 16.4. The van der Waals surface area contributed by atoms with Gasteiger partial charge in [-0.3, -0.25) is 4.79 Å². The first kappa shape index (κ1) is 32.8. The summed E-state index contributed by atoms with van der Waals surface area (Å²) in [6, 6.07) is 11.8. The fourth-order valence-electron chi connectivity index (χ4n) is 4.49. The number of nitrogens with zero attached hydrogens (tertiary/aromatic N) is 1. The summed E-state index contributed by atoms with van der Waals surface area (Å²) in [7, 11) is 1.56. The van der Waals surface area contributed by atoms with Gasteiger partial charge in [0.25, 0.3) is 5.91 Å². The molecule has 0 aliphatic carbocycles. The van der Waals surface area contributed by atoms with Gasteiger partial charge in [0.1, 0.15) is 23.3 Å². The number of ether oxygens (including phenoxy) is 5. The molecule has 1 N–H and O–H groups in total. The largest absolute Gasteiger partial charge is 0.372 e. The Hall–Kier alpha value is -1.66. The topological polar surface area (TPSA) is 88.1 Å². The van der Waals surface area contributed by atoms with Gasteiger partial charge in [-0.1, -0.05) is 57.0 Å². The molecule has 0 spiro atoms. The lowest BCUT2D eigenvalue weighted by Gasteiger charge is -2.45. The van der Waals surface area contributed by atoms with Crippen LogP contribution in [0, 0.1) is 6.92 Å². The van der Waals surface area contributed by atoms with Crippen LogP contribution in [0.5, 0.6) is 0 Å². The van der Waals surface area contributed by atoms with Gasteiger partial charge >= 0.3 is 0 Å². The number of amides is 1. The van der Waals surface area contributed by atoms with E-state index < -0.39 is 30.7 Å². The third-order valence-corrected chi connectivity index (χ3v) is 8.07. The molecule has 8 nitrogen and oxygen atoms in total. The maximum Gasteiger partial charge on any atom is 0.256 e. The number of rotatable bonds is 16. The number of carbonyl (C=O) groups is 1. The van der Waals surface area contributed by atoms with Crippen molar-refractivity contribution >= 4 is 35.1 Å². The lowest BCUT2D eigenvalue weighted by atomic mass is 9.97. The molecule has 1 aromatic carbocycles. The SMILES string of the molecule is CCCCO[C@H]1[C@@H](OCc2ccccc2)[C@@H](C(=O)Nc2c(SC)cc(C)nc2SC)O[C@H](OC)[C@@H]1OCCCC. The lowest BCUT2D eigenvalue weighted by Crippen LogP contribution is -2.63. The minimum atomic E-state index is -1.00. The quantitative estimate of drug-likeness (QED) is 0.183. The summed E-state index contributed by atoms with van der Waals surface area (Å²) in [5.41, 5.74) is 2.55. The Balaban J connectivity index is 1.97. The standard InChI is InChI=1S/C30H44N2O6S2/c1-7-9-16-35-25-24(37-19-21-14-12-11-13-15-21)26(38-30(34-4)27(25)36-17-10-8-2)28(33)32-23-22(39-5)18-20(3)31-29(23)40-6/h11-15,18,24-27,30H,7-10,16-17,19H2,1-6H3,(H,32,33)/t24-,25+,26+,27-,30+/m1/s1. The number of nitrogens with one attached hydrogen (secondary N) is 1. The fraction of sp³-hybridized carbons (Fsp3) is 0.600. The van der Waals surface area contributed by atoms with Crippen molar-refractivity contribution in [2.45, 2.75) is 93.7 Å². The van der Waals surface area contributed by atoms with E-state index in [0.717, 1.165) is 46.9 Å². The van der Waals surface area contributed by atoms with Crippen LogP contribution in [0.3, 0.4) is 0 Å². The average Bonchev–Trinajstić information content (AvgIpc) is 2.97. The van der Waals surface area contributed by atoms with Crippen molar-refractivity contribution in [1.29, 1.82) is 0 Å². The number of methoxy groups -OCH3 is 1. The fourth-order valence-corrected chi connectivity index (χ4v) is 5.79. The first-order valence-electron chi connectivity index (χ1n) is 13.9. The number of pyridine rings is 1. The van der Waals surface area contributed by atoms with Crippen LogP contribution in [0.2, 0.25) is 0 Å². The first-order chi connectivity index (χ1) is 19.5. The van der Waals surface area contributed by atoms with Gasteiger partial charge in [0.15, 0.2) is 12.4 Å². The molecule has 2 aromatic rings. The summed E-state index contributed by atoms with van der Waals surface area (Å²) in [6.45, 7) is 7.51. The number of aromatic nitrogens is 1. The molecule has 1 aliphatic heterocycles. The Kier molecular flexibility index (Phi) is 14.2. The van der Waals surface area contributed by atoms with Crippen LogP contribution in [0.4, 0.5) is 5.69 Å². The third kappa shape index (κ3) is 8.92. The van der Waals surface area contributed by atoms with E-state index in [-0.39, 0.29) is 5.91 Å². The number of hydrogen-bond acceptors (Lipinski definition) is 9. The molecule has 222 valence electrons. The zero-order valence-electron chi connectivity index (χ0n) is 24.5. The molecule has 0 bridgehead atoms. The van der Waals surface area contributed by atoms with Crippen molar-refractivity contribution in [1.82, 2.24) is 4.98 Å². The van der Waals surface area contributed by atoms with Crippen molar-refractivity contribution in [3.63, 3.8) is 0 Å². The van der Waals surface area contributed by atoms with Gasteiger partial charge < -0.3 is 29.0 Å². The number of anilines is 1. The van der Waals surface area contributed by atoms with Gasteiger partial charge in [0, 0.05) is 30.9 Å². The van der Waals surface area contributed by atoms with E-state index in [9.17, 15) is 4.79 Å². The maximum atomic E-state index is 14.0. The van der Waals surface area contributed by atoms with E-state index in [1.165, 1.54) is 11.8 Å². The molecule has 0 radical (unpaired) electrons. The third-order valence-electron chi connectivity index (χ3n) is 6.63. The number of benzene rings is 1. The van der Waals surface area contributed by atoms with E-state index >= 15 is 0 Å². The Morgan fingerprint density at radius 1 is 0.975 bits per heavy atom. The molecule has 2 heterocycles. The summed E-state index contributed by atoms with van der Waals surface area (Å²) >= 11 is 3.04.